The van der Waals surface area contributed by atoms with Crippen LogP contribution in [-0.4, -0.2) is 50.4 Å². The molecule has 3 aromatic rings. The number of carbonyl (C=O) groups is 2. The van der Waals surface area contributed by atoms with E-state index < -0.39 is 28.5 Å². The lowest BCUT2D eigenvalue weighted by atomic mass is 10.1. The number of nitrogens with one attached hydrogen (secondary N) is 1. The zero-order chi connectivity index (χ0) is 30.9. The number of amides is 2. The first-order valence-electron chi connectivity index (χ1n) is 14.2. The average Bonchev–Trinajstić information content (AvgIpc) is 2.97. The number of ether oxygens (including phenoxy) is 1. The minimum atomic E-state index is -4.22. The second-order valence-corrected chi connectivity index (χ2v) is 12.3. The van der Waals surface area contributed by atoms with Crippen molar-refractivity contribution < 1.29 is 22.7 Å². The van der Waals surface area contributed by atoms with E-state index in [4.69, 9.17) is 16.3 Å². The third kappa shape index (κ3) is 8.04. The highest BCUT2D eigenvalue weighted by Crippen LogP contribution is 2.33. The molecule has 0 aliphatic carbocycles. The minimum Gasteiger partial charge on any atom is -0.492 e. The van der Waals surface area contributed by atoms with Crippen molar-refractivity contribution >= 4 is 39.1 Å². The average molecular weight is 614 g/mol. The highest BCUT2D eigenvalue weighted by molar-refractivity contribution is 7.92. The van der Waals surface area contributed by atoms with Gasteiger partial charge in [0.2, 0.25) is 11.8 Å². The number of para-hydroxylation sites is 2. The molecule has 0 aliphatic heterocycles. The SMILES string of the molecule is CCOc1ccccc1N(CC(=O)N(Cc1ccccc1Cl)C(CC)C(=O)NC(C)CC)S(=O)(=O)c1ccc(C)cc1. The Bertz CT molecular complexity index is 1460. The summed E-state index contributed by atoms with van der Waals surface area (Å²) in [5, 5.41) is 3.41. The largest absolute Gasteiger partial charge is 0.492 e. The number of benzene rings is 3. The van der Waals surface area contributed by atoms with Gasteiger partial charge in [0, 0.05) is 17.6 Å². The van der Waals surface area contributed by atoms with Crippen molar-refractivity contribution in [3.05, 3.63) is 88.9 Å². The lowest BCUT2D eigenvalue weighted by Gasteiger charge is -2.34. The van der Waals surface area contributed by atoms with Gasteiger partial charge in [-0.3, -0.25) is 13.9 Å². The van der Waals surface area contributed by atoms with Gasteiger partial charge in [-0.2, -0.15) is 0 Å². The summed E-state index contributed by atoms with van der Waals surface area (Å²) in [6.07, 6.45) is 1.04. The lowest BCUT2D eigenvalue weighted by molar-refractivity contribution is -0.140. The summed E-state index contributed by atoms with van der Waals surface area (Å²) in [5.41, 5.74) is 1.77. The van der Waals surface area contributed by atoms with Gasteiger partial charge in [-0.05, 0) is 69.5 Å². The molecule has 2 amide bonds. The number of sulfonamides is 1. The molecule has 0 saturated carbocycles. The number of hydrogen-bond donors (Lipinski definition) is 1. The molecule has 0 spiro atoms. The molecule has 8 nitrogen and oxygen atoms in total. The molecule has 0 fully saturated rings. The molecule has 0 saturated heterocycles. The van der Waals surface area contributed by atoms with Crippen molar-refractivity contribution in [2.45, 2.75) is 71.0 Å². The number of aryl methyl sites for hydroxylation is 1. The van der Waals surface area contributed by atoms with Crippen LogP contribution in [0, 0.1) is 6.92 Å². The summed E-state index contributed by atoms with van der Waals surface area (Å²) in [5.74, 6) is -0.541. The highest BCUT2D eigenvalue weighted by Gasteiger charge is 2.35. The lowest BCUT2D eigenvalue weighted by Crippen LogP contribution is -2.53. The minimum absolute atomic E-state index is 0.0243. The monoisotopic (exact) mass is 613 g/mol. The summed E-state index contributed by atoms with van der Waals surface area (Å²) in [4.78, 5) is 29.1. The molecule has 10 heteroatoms. The van der Waals surface area contributed by atoms with Gasteiger partial charge in [0.25, 0.3) is 10.0 Å². The first kappa shape index (κ1) is 32.9. The van der Waals surface area contributed by atoms with E-state index in [-0.39, 0.29) is 29.1 Å². The van der Waals surface area contributed by atoms with Gasteiger partial charge in [0.05, 0.1) is 17.2 Å². The van der Waals surface area contributed by atoms with Crippen LogP contribution in [0.25, 0.3) is 0 Å². The molecule has 1 N–H and O–H groups in total. The second-order valence-electron chi connectivity index (χ2n) is 10.1. The highest BCUT2D eigenvalue weighted by atomic mass is 35.5. The summed E-state index contributed by atoms with van der Waals surface area (Å²) >= 11 is 6.47. The molecule has 0 bridgehead atoms. The summed E-state index contributed by atoms with van der Waals surface area (Å²) in [7, 11) is -4.22. The van der Waals surface area contributed by atoms with Crippen LogP contribution < -0.4 is 14.4 Å². The van der Waals surface area contributed by atoms with E-state index in [2.05, 4.69) is 5.32 Å². The Hall–Kier alpha value is -3.56. The van der Waals surface area contributed by atoms with Gasteiger partial charge in [0.15, 0.2) is 0 Å². The number of nitrogens with zero attached hydrogens (tertiary/aromatic N) is 2. The van der Waals surface area contributed by atoms with Crippen LogP contribution in [0.2, 0.25) is 5.02 Å². The van der Waals surface area contributed by atoms with Crippen LogP contribution in [-0.2, 0) is 26.2 Å². The third-order valence-electron chi connectivity index (χ3n) is 7.01. The van der Waals surface area contributed by atoms with Gasteiger partial charge in [-0.15, -0.1) is 0 Å². The van der Waals surface area contributed by atoms with Crippen molar-refractivity contribution in [2.75, 3.05) is 17.5 Å². The smallest absolute Gasteiger partial charge is 0.264 e. The van der Waals surface area contributed by atoms with Crippen LogP contribution in [0.15, 0.2) is 77.7 Å². The Balaban J connectivity index is 2.12. The van der Waals surface area contributed by atoms with Gasteiger partial charge >= 0.3 is 0 Å². The Labute approximate surface area is 254 Å². The van der Waals surface area contributed by atoms with Crippen LogP contribution in [0.1, 0.15) is 51.7 Å². The Morgan fingerprint density at radius 2 is 1.57 bits per heavy atom. The summed E-state index contributed by atoms with van der Waals surface area (Å²) < 4.78 is 35.1. The van der Waals surface area contributed by atoms with Crippen molar-refractivity contribution in [3.8, 4) is 5.75 Å². The molecule has 0 radical (unpaired) electrons. The van der Waals surface area contributed by atoms with Crippen LogP contribution in [0.3, 0.4) is 0 Å². The summed E-state index contributed by atoms with van der Waals surface area (Å²) in [6.45, 7) is 9.11. The standard InChI is InChI=1S/C32H40ClN3O5S/c1-6-24(5)34-32(38)28(7-2)35(21-25-13-9-10-14-27(25)33)31(37)22-36(29-15-11-12-16-30(29)41-8-3)42(39,40)26-19-17-23(4)18-20-26/h9-20,24,28H,6-8,21-22H2,1-5H3,(H,34,38). The van der Waals surface area contributed by atoms with E-state index in [1.54, 1.807) is 67.6 Å². The van der Waals surface area contributed by atoms with Crippen LogP contribution in [0.5, 0.6) is 5.75 Å². The Kier molecular flexibility index (Phi) is 11.8. The number of hydrogen-bond acceptors (Lipinski definition) is 5. The zero-order valence-corrected chi connectivity index (χ0v) is 26.4. The van der Waals surface area contributed by atoms with Crippen LogP contribution in [0.4, 0.5) is 5.69 Å². The molecule has 2 atom stereocenters. The predicted octanol–water partition coefficient (Wildman–Crippen LogP) is 5.96. The molecule has 3 aromatic carbocycles. The fourth-order valence-corrected chi connectivity index (χ4v) is 6.08. The van der Waals surface area contributed by atoms with Gasteiger partial charge in [-0.25, -0.2) is 8.42 Å². The molecule has 226 valence electrons. The number of carbonyl (C=O) groups excluding carboxylic acids is 2. The van der Waals surface area contributed by atoms with Crippen molar-refractivity contribution in [1.82, 2.24) is 10.2 Å². The molecule has 3 rings (SSSR count). The molecule has 0 heterocycles. The van der Waals surface area contributed by atoms with Gasteiger partial charge < -0.3 is 15.0 Å². The first-order chi connectivity index (χ1) is 20.0. The maximum atomic E-state index is 14.3. The topological polar surface area (TPSA) is 96.0 Å². The van der Waals surface area contributed by atoms with E-state index in [0.29, 0.717) is 29.4 Å². The third-order valence-corrected chi connectivity index (χ3v) is 9.15. The first-order valence-corrected chi connectivity index (χ1v) is 16.0. The zero-order valence-electron chi connectivity index (χ0n) is 24.8. The second kappa shape index (κ2) is 15.1. The van der Waals surface area contributed by atoms with E-state index >= 15 is 0 Å². The molecule has 2 unspecified atom stereocenters. The molecule has 0 aromatic heterocycles. The summed E-state index contributed by atoms with van der Waals surface area (Å²) in [6, 6.07) is 19.3. The van der Waals surface area contributed by atoms with Gasteiger partial charge in [0.1, 0.15) is 18.3 Å². The van der Waals surface area contributed by atoms with Crippen molar-refractivity contribution in [3.63, 3.8) is 0 Å². The fourth-order valence-electron chi connectivity index (χ4n) is 4.46. The van der Waals surface area contributed by atoms with E-state index in [0.717, 1.165) is 16.3 Å². The predicted molar refractivity (Wildman–Crippen MR) is 167 cm³/mol. The molecule has 0 aliphatic rings. The Morgan fingerprint density at radius 3 is 2.19 bits per heavy atom. The molecular weight excluding hydrogens is 574 g/mol. The molecular formula is C32H40ClN3O5S. The Morgan fingerprint density at radius 1 is 0.929 bits per heavy atom. The normalized spacial score (nSPS) is 12.7. The van der Waals surface area contributed by atoms with Crippen molar-refractivity contribution in [1.29, 1.82) is 0 Å². The molecule has 42 heavy (non-hydrogen) atoms. The quantitative estimate of drug-likeness (QED) is 0.242. The van der Waals surface area contributed by atoms with E-state index in [1.807, 2.05) is 27.7 Å². The fraction of sp³-hybridized carbons (Fsp3) is 0.375. The maximum Gasteiger partial charge on any atom is 0.264 e. The van der Waals surface area contributed by atoms with E-state index in [9.17, 15) is 18.0 Å². The number of anilines is 1. The van der Waals surface area contributed by atoms with Gasteiger partial charge in [-0.1, -0.05) is 73.5 Å². The number of halogens is 1. The van der Waals surface area contributed by atoms with Crippen molar-refractivity contribution in [2.24, 2.45) is 0 Å². The van der Waals surface area contributed by atoms with Crippen LogP contribution >= 0.6 is 11.6 Å². The maximum absolute atomic E-state index is 14.3. The van der Waals surface area contributed by atoms with E-state index in [1.165, 1.54) is 17.0 Å². The number of rotatable bonds is 14.